The Hall–Kier alpha value is -1.30. The summed E-state index contributed by atoms with van der Waals surface area (Å²) in [6.45, 7) is 1.50. The maximum atomic E-state index is 5.90. The molecule has 0 bridgehead atoms. The van der Waals surface area contributed by atoms with Gasteiger partial charge >= 0.3 is 0 Å². The van der Waals surface area contributed by atoms with Crippen LogP contribution in [0, 0.1) is 0 Å². The lowest BCUT2D eigenvalue weighted by atomic mass is 10.3. The molecule has 0 unspecified atom stereocenters. The molecule has 0 amide bonds. The summed E-state index contributed by atoms with van der Waals surface area (Å²) in [7, 11) is 3.24. The Balaban J connectivity index is 1.87. The zero-order valence-electron chi connectivity index (χ0n) is 11.5. The topological polar surface area (TPSA) is 43.4 Å². The predicted molar refractivity (Wildman–Crippen MR) is 82.1 cm³/mol. The van der Waals surface area contributed by atoms with Crippen LogP contribution in [0.4, 0.5) is 0 Å². The van der Waals surface area contributed by atoms with Crippen LogP contribution in [-0.2, 0) is 13.0 Å². The van der Waals surface area contributed by atoms with Crippen LogP contribution in [-0.4, -0.2) is 25.7 Å². The molecule has 0 saturated carbocycles. The summed E-state index contributed by atoms with van der Waals surface area (Å²) in [6, 6.07) is 5.77. The summed E-state index contributed by atoms with van der Waals surface area (Å²) in [5.41, 5.74) is 0.844. The number of rotatable bonds is 7. The second kappa shape index (κ2) is 7.47. The van der Waals surface area contributed by atoms with Gasteiger partial charge in [-0.1, -0.05) is 11.6 Å². The van der Waals surface area contributed by atoms with Gasteiger partial charge in [-0.05, 0) is 18.6 Å². The molecule has 0 aliphatic rings. The van der Waals surface area contributed by atoms with E-state index in [1.165, 1.54) is 4.88 Å². The zero-order chi connectivity index (χ0) is 14.4. The maximum Gasteiger partial charge on any atom is 0.183 e. The first-order chi connectivity index (χ1) is 9.74. The second-order valence-electron chi connectivity index (χ2n) is 4.13. The third-order valence-electron chi connectivity index (χ3n) is 2.84. The minimum atomic E-state index is 0.638. The SMILES string of the molecule is COc1ccnc(CNCCc2ccc(Cl)s2)c1OC. The summed E-state index contributed by atoms with van der Waals surface area (Å²) in [5.74, 6) is 1.38. The van der Waals surface area contributed by atoms with Crippen molar-refractivity contribution >= 4 is 22.9 Å². The van der Waals surface area contributed by atoms with E-state index in [1.54, 1.807) is 37.8 Å². The summed E-state index contributed by atoms with van der Waals surface area (Å²) in [6.07, 6.45) is 2.67. The highest BCUT2D eigenvalue weighted by Crippen LogP contribution is 2.28. The van der Waals surface area contributed by atoms with E-state index in [2.05, 4.69) is 16.4 Å². The van der Waals surface area contributed by atoms with Crippen LogP contribution in [0.2, 0.25) is 4.34 Å². The monoisotopic (exact) mass is 312 g/mol. The van der Waals surface area contributed by atoms with Gasteiger partial charge in [-0.2, -0.15) is 0 Å². The summed E-state index contributed by atoms with van der Waals surface area (Å²) >= 11 is 7.51. The van der Waals surface area contributed by atoms with Gasteiger partial charge in [-0.3, -0.25) is 4.98 Å². The smallest absolute Gasteiger partial charge is 0.183 e. The van der Waals surface area contributed by atoms with Gasteiger partial charge in [-0.25, -0.2) is 0 Å². The van der Waals surface area contributed by atoms with E-state index in [4.69, 9.17) is 21.1 Å². The number of hydrogen-bond acceptors (Lipinski definition) is 5. The van der Waals surface area contributed by atoms with Crippen molar-refractivity contribution in [1.29, 1.82) is 0 Å². The predicted octanol–water partition coefficient (Wildman–Crippen LogP) is 3.15. The number of pyridine rings is 1. The Bertz CT molecular complexity index is 560. The fourth-order valence-electron chi connectivity index (χ4n) is 1.88. The number of halogens is 1. The summed E-state index contributed by atoms with van der Waals surface area (Å²) < 4.78 is 11.4. The fraction of sp³-hybridized carbons (Fsp3) is 0.357. The molecule has 0 fully saturated rings. The Kier molecular flexibility index (Phi) is 5.64. The molecule has 0 spiro atoms. The van der Waals surface area contributed by atoms with Gasteiger partial charge in [-0.15, -0.1) is 11.3 Å². The standard InChI is InChI=1S/C14H17ClN2O2S/c1-18-12-6-8-17-11(14(12)19-2)9-16-7-5-10-3-4-13(15)20-10/h3-4,6,8,16H,5,7,9H2,1-2H3. The van der Waals surface area contributed by atoms with Crippen LogP contribution in [0.5, 0.6) is 11.5 Å². The molecule has 6 heteroatoms. The molecular formula is C14H17ClN2O2S. The van der Waals surface area contributed by atoms with E-state index in [1.807, 2.05) is 6.07 Å². The molecule has 0 radical (unpaired) electrons. The number of nitrogens with zero attached hydrogens (tertiary/aromatic N) is 1. The molecule has 2 aromatic rings. The van der Waals surface area contributed by atoms with Crippen molar-refractivity contribution in [3.05, 3.63) is 39.3 Å². The maximum absolute atomic E-state index is 5.90. The van der Waals surface area contributed by atoms with Gasteiger partial charge in [0, 0.05) is 30.2 Å². The van der Waals surface area contributed by atoms with E-state index in [-0.39, 0.29) is 0 Å². The third-order valence-corrected chi connectivity index (χ3v) is 4.13. The van der Waals surface area contributed by atoms with E-state index in [9.17, 15) is 0 Å². The first-order valence-electron chi connectivity index (χ1n) is 6.25. The molecule has 0 atom stereocenters. The molecule has 2 aromatic heterocycles. The van der Waals surface area contributed by atoms with Crippen LogP contribution >= 0.6 is 22.9 Å². The van der Waals surface area contributed by atoms with Gasteiger partial charge in [0.2, 0.25) is 0 Å². The number of aromatic nitrogens is 1. The van der Waals surface area contributed by atoms with Crippen molar-refractivity contribution in [3.63, 3.8) is 0 Å². The largest absolute Gasteiger partial charge is 0.493 e. The van der Waals surface area contributed by atoms with Crippen molar-refractivity contribution in [1.82, 2.24) is 10.3 Å². The van der Waals surface area contributed by atoms with E-state index < -0.39 is 0 Å². The molecule has 108 valence electrons. The van der Waals surface area contributed by atoms with Gasteiger partial charge in [0.15, 0.2) is 11.5 Å². The molecule has 0 saturated heterocycles. The molecule has 2 rings (SSSR count). The Morgan fingerprint density at radius 3 is 2.75 bits per heavy atom. The molecule has 0 aliphatic heterocycles. The highest BCUT2D eigenvalue weighted by Gasteiger charge is 2.10. The van der Waals surface area contributed by atoms with Crippen LogP contribution in [0.1, 0.15) is 10.6 Å². The van der Waals surface area contributed by atoms with Crippen molar-refractivity contribution in [3.8, 4) is 11.5 Å². The van der Waals surface area contributed by atoms with Crippen molar-refractivity contribution in [2.24, 2.45) is 0 Å². The fourth-order valence-corrected chi connectivity index (χ4v) is 2.97. The quantitative estimate of drug-likeness (QED) is 0.798. The van der Waals surface area contributed by atoms with Crippen LogP contribution < -0.4 is 14.8 Å². The zero-order valence-corrected chi connectivity index (χ0v) is 13.1. The average Bonchev–Trinajstić information content (AvgIpc) is 2.88. The van der Waals surface area contributed by atoms with Gasteiger partial charge in [0.05, 0.1) is 24.2 Å². The average molecular weight is 313 g/mol. The molecule has 4 nitrogen and oxygen atoms in total. The number of thiophene rings is 1. The lowest BCUT2D eigenvalue weighted by Crippen LogP contribution is -2.17. The summed E-state index contributed by atoms with van der Waals surface area (Å²) in [4.78, 5) is 5.59. The summed E-state index contributed by atoms with van der Waals surface area (Å²) in [5, 5.41) is 3.35. The van der Waals surface area contributed by atoms with Gasteiger partial charge < -0.3 is 14.8 Å². The lowest BCUT2D eigenvalue weighted by molar-refractivity contribution is 0.348. The van der Waals surface area contributed by atoms with Crippen molar-refractivity contribution in [2.45, 2.75) is 13.0 Å². The second-order valence-corrected chi connectivity index (χ2v) is 5.93. The third kappa shape index (κ3) is 3.85. The number of ether oxygens (including phenoxy) is 2. The molecule has 2 heterocycles. The Morgan fingerprint density at radius 1 is 1.25 bits per heavy atom. The van der Waals surface area contributed by atoms with Crippen LogP contribution in [0.3, 0.4) is 0 Å². The number of nitrogens with one attached hydrogen (secondary N) is 1. The minimum absolute atomic E-state index is 0.638. The van der Waals surface area contributed by atoms with Crippen LogP contribution in [0.15, 0.2) is 24.4 Å². The van der Waals surface area contributed by atoms with Crippen molar-refractivity contribution in [2.75, 3.05) is 20.8 Å². The van der Waals surface area contributed by atoms with Crippen molar-refractivity contribution < 1.29 is 9.47 Å². The Labute approximate surface area is 127 Å². The first-order valence-corrected chi connectivity index (χ1v) is 7.45. The van der Waals surface area contributed by atoms with Crippen LogP contribution in [0.25, 0.3) is 0 Å². The number of hydrogen-bond donors (Lipinski definition) is 1. The molecule has 0 aliphatic carbocycles. The normalized spacial score (nSPS) is 10.6. The molecule has 1 N–H and O–H groups in total. The first kappa shape index (κ1) is 15.1. The molecule has 0 aromatic carbocycles. The van der Waals surface area contributed by atoms with Gasteiger partial charge in [0.1, 0.15) is 0 Å². The minimum Gasteiger partial charge on any atom is -0.493 e. The highest BCUT2D eigenvalue weighted by molar-refractivity contribution is 7.16. The highest BCUT2D eigenvalue weighted by atomic mass is 35.5. The molecule has 20 heavy (non-hydrogen) atoms. The van der Waals surface area contributed by atoms with E-state index in [0.29, 0.717) is 18.0 Å². The van der Waals surface area contributed by atoms with E-state index >= 15 is 0 Å². The van der Waals surface area contributed by atoms with E-state index in [0.717, 1.165) is 23.0 Å². The molecular weight excluding hydrogens is 296 g/mol. The lowest BCUT2D eigenvalue weighted by Gasteiger charge is -2.11. The Morgan fingerprint density at radius 2 is 2.10 bits per heavy atom. The number of methoxy groups -OCH3 is 2. The van der Waals surface area contributed by atoms with Gasteiger partial charge in [0.25, 0.3) is 0 Å².